The van der Waals surface area contributed by atoms with Crippen LogP contribution in [0.5, 0.6) is 0 Å². The van der Waals surface area contributed by atoms with Gasteiger partial charge in [0.2, 0.25) is 15.9 Å². The van der Waals surface area contributed by atoms with Gasteiger partial charge < -0.3 is 4.90 Å². The van der Waals surface area contributed by atoms with Crippen LogP contribution in [0.25, 0.3) is 0 Å². The summed E-state index contributed by atoms with van der Waals surface area (Å²) < 4.78 is 25.0. The molecule has 1 fully saturated rings. The first-order valence-electron chi connectivity index (χ1n) is 6.77. The highest BCUT2D eigenvalue weighted by Crippen LogP contribution is 2.20. The summed E-state index contributed by atoms with van der Waals surface area (Å²) in [7, 11) is -3.28. The number of hydrogen-bond acceptors (Lipinski definition) is 3. The van der Waals surface area contributed by atoms with Gasteiger partial charge in [-0.1, -0.05) is 13.3 Å². The molecule has 0 bridgehead atoms. The molecule has 0 unspecified atom stereocenters. The quantitative estimate of drug-likeness (QED) is 0.790. The summed E-state index contributed by atoms with van der Waals surface area (Å²) in [6.45, 7) is 4.33. The van der Waals surface area contributed by atoms with Crippen LogP contribution in [0.1, 0.15) is 46.0 Å². The van der Waals surface area contributed by atoms with Crippen molar-refractivity contribution in [3.8, 4) is 0 Å². The molecule has 1 aliphatic heterocycles. The number of nitrogens with one attached hydrogen (secondary N) is 1. The Kier molecular flexibility index (Phi) is 6.08. The van der Waals surface area contributed by atoms with E-state index in [-0.39, 0.29) is 18.2 Å². The minimum atomic E-state index is -3.28. The molecule has 0 aromatic rings. The number of rotatable bonds is 6. The third-order valence-corrected chi connectivity index (χ3v) is 4.74. The molecule has 0 aliphatic carbocycles. The molecule has 0 spiro atoms. The van der Waals surface area contributed by atoms with Crippen LogP contribution in [-0.4, -0.2) is 44.1 Å². The van der Waals surface area contributed by atoms with Gasteiger partial charge in [0.15, 0.2) is 0 Å². The first kappa shape index (κ1) is 15.4. The lowest BCUT2D eigenvalue weighted by atomic mass is 9.98. The number of nitrogens with zero attached hydrogens (tertiary/aromatic N) is 1. The molecule has 1 N–H and O–H groups in total. The summed E-state index contributed by atoms with van der Waals surface area (Å²) in [6, 6.07) is 0.294. The number of piperidine rings is 1. The Balaban J connectivity index is 2.53. The molecular weight excluding hydrogens is 252 g/mol. The number of sulfonamides is 1. The Bertz CT molecular complexity index is 366. The molecule has 18 heavy (non-hydrogen) atoms. The van der Waals surface area contributed by atoms with Gasteiger partial charge >= 0.3 is 0 Å². The molecule has 1 saturated heterocycles. The third-order valence-electron chi connectivity index (χ3n) is 3.39. The summed E-state index contributed by atoms with van der Waals surface area (Å²) in [5, 5.41) is 0. The van der Waals surface area contributed by atoms with Crippen molar-refractivity contribution >= 4 is 15.9 Å². The molecule has 1 amide bonds. The topological polar surface area (TPSA) is 66.5 Å². The van der Waals surface area contributed by atoms with Crippen LogP contribution < -0.4 is 4.72 Å². The van der Waals surface area contributed by atoms with E-state index in [1.54, 1.807) is 6.92 Å². The Hall–Kier alpha value is -0.620. The molecule has 1 aliphatic rings. The molecule has 1 atom stereocenters. The smallest absolute Gasteiger partial charge is 0.237 e. The summed E-state index contributed by atoms with van der Waals surface area (Å²) >= 11 is 0. The number of likely N-dealkylation sites (tertiary alicyclic amines) is 1. The fraction of sp³-hybridized carbons (Fsp3) is 0.917. The summed E-state index contributed by atoms with van der Waals surface area (Å²) in [5.74, 6) is -0.0799. The lowest BCUT2D eigenvalue weighted by molar-refractivity contribution is -0.133. The lowest BCUT2D eigenvalue weighted by Gasteiger charge is -2.35. The molecule has 106 valence electrons. The summed E-state index contributed by atoms with van der Waals surface area (Å²) in [6.07, 6.45) is 5.28. The molecule has 0 radical (unpaired) electrons. The zero-order valence-corrected chi connectivity index (χ0v) is 12.1. The van der Waals surface area contributed by atoms with Gasteiger partial charge in [0.05, 0.1) is 12.3 Å². The minimum Gasteiger partial charge on any atom is -0.339 e. The second-order valence-corrected chi connectivity index (χ2v) is 6.85. The predicted octanol–water partition coefficient (Wildman–Crippen LogP) is 1.11. The lowest BCUT2D eigenvalue weighted by Crippen LogP contribution is -2.48. The molecule has 1 rings (SSSR count). The van der Waals surface area contributed by atoms with Gasteiger partial charge in [0.25, 0.3) is 0 Å². The minimum absolute atomic E-state index is 0.0126. The maximum atomic E-state index is 12.0. The van der Waals surface area contributed by atoms with Crippen LogP contribution in [0.3, 0.4) is 0 Å². The van der Waals surface area contributed by atoms with Gasteiger partial charge in [0, 0.05) is 12.6 Å². The number of carbonyl (C=O) groups is 1. The molecular formula is C12H24N2O3S. The van der Waals surface area contributed by atoms with E-state index in [0.717, 1.165) is 38.6 Å². The van der Waals surface area contributed by atoms with E-state index < -0.39 is 10.0 Å². The van der Waals surface area contributed by atoms with Crippen LogP contribution in [0, 0.1) is 0 Å². The van der Waals surface area contributed by atoms with Gasteiger partial charge in [-0.25, -0.2) is 13.1 Å². The number of amides is 1. The van der Waals surface area contributed by atoms with Gasteiger partial charge in [-0.05, 0) is 32.6 Å². The van der Waals surface area contributed by atoms with Crippen molar-refractivity contribution < 1.29 is 13.2 Å². The maximum Gasteiger partial charge on any atom is 0.237 e. The molecule has 5 nitrogen and oxygen atoms in total. The van der Waals surface area contributed by atoms with Crippen molar-refractivity contribution in [1.82, 2.24) is 9.62 Å². The van der Waals surface area contributed by atoms with Crippen molar-refractivity contribution in [3.63, 3.8) is 0 Å². The SMILES string of the molecule is CCC[C@H]1CCCCN1C(=O)CNS(=O)(=O)CC. The van der Waals surface area contributed by atoms with Gasteiger partial charge in [-0.15, -0.1) is 0 Å². The van der Waals surface area contributed by atoms with Crippen LogP contribution in [0.15, 0.2) is 0 Å². The predicted molar refractivity (Wildman–Crippen MR) is 71.7 cm³/mol. The van der Waals surface area contributed by atoms with E-state index in [1.165, 1.54) is 0 Å². The summed E-state index contributed by atoms with van der Waals surface area (Å²) in [5.41, 5.74) is 0. The van der Waals surface area contributed by atoms with Gasteiger partial charge in [-0.2, -0.15) is 0 Å². The average molecular weight is 276 g/mol. The molecule has 0 saturated carbocycles. The second kappa shape index (κ2) is 7.09. The van der Waals surface area contributed by atoms with Crippen molar-refractivity contribution in [2.75, 3.05) is 18.8 Å². The average Bonchev–Trinajstić information content (AvgIpc) is 2.37. The Labute approximate surface area is 110 Å². The second-order valence-electron chi connectivity index (χ2n) is 4.75. The Morgan fingerprint density at radius 3 is 2.67 bits per heavy atom. The molecule has 1 heterocycles. The van der Waals surface area contributed by atoms with E-state index in [2.05, 4.69) is 11.6 Å². The summed E-state index contributed by atoms with van der Waals surface area (Å²) in [4.78, 5) is 13.9. The van der Waals surface area contributed by atoms with Crippen molar-refractivity contribution in [2.45, 2.75) is 52.0 Å². The van der Waals surface area contributed by atoms with Crippen LogP contribution in [-0.2, 0) is 14.8 Å². The largest absolute Gasteiger partial charge is 0.339 e. The normalized spacial score (nSPS) is 21.0. The van der Waals surface area contributed by atoms with Crippen molar-refractivity contribution in [3.05, 3.63) is 0 Å². The zero-order valence-electron chi connectivity index (χ0n) is 11.3. The van der Waals surface area contributed by atoms with Crippen LogP contribution in [0.2, 0.25) is 0 Å². The fourth-order valence-electron chi connectivity index (χ4n) is 2.34. The highest BCUT2D eigenvalue weighted by Gasteiger charge is 2.26. The first-order chi connectivity index (χ1) is 8.50. The third kappa shape index (κ3) is 4.57. The Morgan fingerprint density at radius 2 is 2.06 bits per heavy atom. The molecule has 0 aromatic heterocycles. The highest BCUT2D eigenvalue weighted by atomic mass is 32.2. The number of carbonyl (C=O) groups excluding carboxylic acids is 1. The first-order valence-corrected chi connectivity index (χ1v) is 8.42. The Morgan fingerprint density at radius 1 is 1.33 bits per heavy atom. The fourth-order valence-corrected chi connectivity index (χ4v) is 2.89. The van der Waals surface area contributed by atoms with E-state index in [9.17, 15) is 13.2 Å². The number of hydrogen-bond donors (Lipinski definition) is 1. The standard InChI is InChI=1S/C12H24N2O3S/c1-3-7-11-8-5-6-9-14(11)12(15)10-13-18(16,17)4-2/h11,13H,3-10H2,1-2H3/t11-/m0/s1. The van der Waals surface area contributed by atoms with Gasteiger partial charge in [0.1, 0.15) is 0 Å². The van der Waals surface area contributed by atoms with Crippen molar-refractivity contribution in [1.29, 1.82) is 0 Å². The van der Waals surface area contributed by atoms with E-state index in [0.29, 0.717) is 6.04 Å². The maximum absolute atomic E-state index is 12.0. The van der Waals surface area contributed by atoms with E-state index >= 15 is 0 Å². The molecule has 6 heteroatoms. The monoisotopic (exact) mass is 276 g/mol. The van der Waals surface area contributed by atoms with E-state index in [4.69, 9.17) is 0 Å². The van der Waals surface area contributed by atoms with Crippen molar-refractivity contribution in [2.24, 2.45) is 0 Å². The highest BCUT2D eigenvalue weighted by molar-refractivity contribution is 7.89. The van der Waals surface area contributed by atoms with E-state index in [1.807, 2.05) is 4.90 Å². The zero-order chi connectivity index (χ0) is 13.6. The van der Waals surface area contributed by atoms with Gasteiger partial charge in [-0.3, -0.25) is 4.79 Å². The van der Waals surface area contributed by atoms with Crippen LogP contribution in [0.4, 0.5) is 0 Å². The van der Waals surface area contributed by atoms with Crippen LogP contribution >= 0.6 is 0 Å². The molecule has 0 aromatic carbocycles.